The van der Waals surface area contributed by atoms with Gasteiger partial charge < -0.3 is 14.7 Å². The first-order chi connectivity index (χ1) is 9.69. The number of hydrogen-bond acceptors (Lipinski definition) is 3. The molecule has 0 heterocycles. The molecule has 0 saturated heterocycles. The molecule has 4 nitrogen and oxygen atoms in total. The van der Waals surface area contributed by atoms with Crippen molar-refractivity contribution in [3.8, 4) is 0 Å². The van der Waals surface area contributed by atoms with Gasteiger partial charge in [0.25, 0.3) is 0 Å². The van der Waals surface area contributed by atoms with E-state index >= 15 is 0 Å². The maximum Gasteiger partial charge on any atom is 0.410 e. The van der Waals surface area contributed by atoms with Crippen LogP contribution in [0.2, 0.25) is 0 Å². The number of rotatable bonds is 5. The summed E-state index contributed by atoms with van der Waals surface area (Å²) in [4.78, 5) is 13.7. The van der Waals surface area contributed by atoms with Crippen molar-refractivity contribution < 1.29 is 14.6 Å². The van der Waals surface area contributed by atoms with Crippen molar-refractivity contribution in [1.82, 2.24) is 4.90 Å². The summed E-state index contributed by atoms with van der Waals surface area (Å²) in [6, 6.07) is 9.74. The zero-order valence-corrected chi connectivity index (χ0v) is 13.7. The fourth-order valence-electron chi connectivity index (χ4n) is 1.99. The van der Waals surface area contributed by atoms with Gasteiger partial charge in [-0.3, -0.25) is 0 Å². The second-order valence-electron chi connectivity index (χ2n) is 6.57. The van der Waals surface area contributed by atoms with Crippen molar-refractivity contribution >= 4 is 6.09 Å². The fraction of sp³-hybridized carbons (Fsp3) is 0.588. The highest BCUT2D eigenvalue weighted by Gasteiger charge is 2.25. The summed E-state index contributed by atoms with van der Waals surface area (Å²) in [5.74, 6) is 0. The lowest BCUT2D eigenvalue weighted by Crippen LogP contribution is -2.45. The largest absolute Gasteiger partial charge is 0.444 e. The molecule has 0 saturated carbocycles. The van der Waals surface area contributed by atoms with Crippen LogP contribution in [0.1, 0.15) is 40.2 Å². The molecule has 1 N–H and O–H groups in total. The third-order valence-corrected chi connectivity index (χ3v) is 2.97. The third kappa shape index (κ3) is 6.63. The number of carbonyl (C=O) groups excluding carboxylic acids is 1. The van der Waals surface area contributed by atoms with Crippen LogP contribution in [0.4, 0.5) is 4.79 Å². The summed E-state index contributed by atoms with van der Waals surface area (Å²) >= 11 is 0. The minimum Gasteiger partial charge on any atom is -0.444 e. The number of aliphatic hydroxyl groups excluding tert-OH is 1. The third-order valence-electron chi connectivity index (χ3n) is 2.97. The van der Waals surface area contributed by atoms with Crippen LogP contribution in [0.25, 0.3) is 0 Å². The van der Waals surface area contributed by atoms with Gasteiger partial charge in [-0.15, -0.1) is 0 Å². The summed E-state index contributed by atoms with van der Waals surface area (Å²) in [5.41, 5.74) is 0.520. The molecule has 1 amide bonds. The predicted octanol–water partition coefficient (Wildman–Crippen LogP) is 3.24. The first-order valence-electron chi connectivity index (χ1n) is 7.40. The normalized spacial score (nSPS) is 13.1. The van der Waals surface area contributed by atoms with Gasteiger partial charge in [0.2, 0.25) is 0 Å². The highest BCUT2D eigenvalue weighted by molar-refractivity contribution is 5.68. The summed E-state index contributed by atoms with van der Waals surface area (Å²) < 4.78 is 5.39. The highest BCUT2D eigenvalue weighted by Crippen LogP contribution is 2.13. The van der Waals surface area contributed by atoms with E-state index in [4.69, 9.17) is 4.74 Å². The Kier molecular flexibility index (Phi) is 6.21. The van der Waals surface area contributed by atoms with Crippen LogP contribution in [0.15, 0.2) is 30.3 Å². The summed E-state index contributed by atoms with van der Waals surface area (Å²) in [6.07, 6.45) is -0.473. The number of hydrogen-bond donors (Lipinski definition) is 1. The fourth-order valence-corrected chi connectivity index (χ4v) is 1.99. The van der Waals surface area contributed by atoms with Crippen LogP contribution >= 0.6 is 0 Å². The minimum absolute atomic E-state index is 0.0229. The Balaban J connectivity index is 2.63. The molecular formula is C17H27NO3. The van der Waals surface area contributed by atoms with E-state index in [0.717, 1.165) is 5.56 Å². The van der Waals surface area contributed by atoms with Gasteiger partial charge in [0.15, 0.2) is 0 Å². The average molecular weight is 293 g/mol. The number of nitrogens with zero attached hydrogens (tertiary/aromatic N) is 1. The van der Waals surface area contributed by atoms with Crippen molar-refractivity contribution in [2.45, 2.75) is 58.8 Å². The molecule has 0 aliphatic rings. The van der Waals surface area contributed by atoms with Crippen LogP contribution < -0.4 is 0 Å². The minimum atomic E-state index is -0.609. The zero-order valence-electron chi connectivity index (χ0n) is 13.7. The van der Waals surface area contributed by atoms with E-state index in [2.05, 4.69) is 0 Å². The molecule has 0 aromatic heterocycles. The Labute approximate surface area is 127 Å². The van der Waals surface area contributed by atoms with Gasteiger partial charge in [0.05, 0.1) is 12.6 Å². The molecule has 0 fully saturated rings. The number of carbonyl (C=O) groups is 1. The van der Waals surface area contributed by atoms with Crippen molar-refractivity contribution in [2.24, 2.45) is 0 Å². The van der Waals surface area contributed by atoms with Crippen molar-refractivity contribution in [3.05, 3.63) is 35.9 Å². The van der Waals surface area contributed by atoms with Crippen LogP contribution in [0.5, 0.6) is 0 Å². The Bertz CT molecular complexity index is 437. The Morgan fingerprint density at radius 1 is 1.24 bits per heavy atom. The van der Waals surface area contributed by atoms with Gasteiger partial charge in [-0.1, -0.05) is 30.3 Å². The van der Waals surface area contributed by atoms with Gasteiger partial charge in [0.1, 0.15) is 5.60 Å². The monoisotopic (exact) mass is 293 g/mol. The molecule has 0 radical (unpaired) electrons. The Morgan fingerprint density at radius 2 is 1.81 bits per heavy atom. The molecule has 118 valence electrons. The number of aliphatic hydroxyl groups is 1. The van der Waals surface area contributed by atoms with Crippen molar-refractivity contribution in [3.63, 3.8) is 0 Å². The van der Waals surface area contributed by atoms with Gasteiger partial charge in [-0.2, -0.15) is 0 Å². The topological polar surface area (TPSA) is 49.8 Å². The molecule has 1 rings (SSSR count). The van der Waals surface area contributed by atoms with Crippen LogP contribution in [0.3, 0.4) is 0 Å². The molecule has 0 aliphatic carbocycles. The van der Waals surface area contributed by atoms with E-state index in [1.54, 1.807) is 4.90 Å². The number of ether oxygens (including phenoxy) is 1. The van der Waals surface area contributed by atoms with Gasteiger partial charge in [-0.25, -0.2) is 4.79 Å². The molecule has 0 aliphatic heterocycles. The van der Waals surface area contributed by atoms with E-state index in [0.29, 0.717) is 6.42 Å². The Morgan fingerprint density at radius 3 is 2.29 bits per heavy atom. The molecule has 4 heteroatoms. The van der Waals surface area contributed by atoms with Crippen LogP contribution in [-0.4, -0.2) is 40.4 Å². The maximum atomic E-state index is 12.2. The van der Waals surface area contributed by atoms with E-state index < -0.39 is 11.7 Å². The second kappa shape index (κ2) is 7.46. The molecule has 1 atom stereocenters. The SMILES string of the molecule is CC(C)N(C[C@H](O)Cc1ccccc1)C(=O)OC(C)(C)C. The predicted molar refractivity (Wildman–Crippen MR) is 84.2 cm³/mol. The number of benzene rings is 1. The molecule has 0 spiro atoms. The molecule has 21 heavy (non-hydrogen) atoms. The second-order valence-corrected chi connectivity index (χ2v) is 6.57. The van der Waals surface area contributed by atoms with E-state index in [9.17, 15) is 9.90 Å². The first-order valence-corrected chi connectivity index (χ1v) is 7.40. The first kappa shape index (κ1) is 17.5. The quantitative estimate of drug-likeness (QED) is 0.906. The average Bonchev–Trinajstić information content (AvgIpc) is 2.34. The zero-order chi connectivity index (χ0) is 16.0. The lowest BCUT2D eigenvalue weighted by Gasteiger charge is -2.31. The maximum absolute atomic E-state index is 12.2. The molecule has 0 unspecified atom stereocenters. The standard InChI is InChI=1S/C17H27NO3/c1-13(2)18(16(20)21-17(3,4)5)12-15(19)11-14-9-7-6-8-10-14/h6-10,13,15,19H,11-12H2,1-5H3/t15-/m1/s1. The van der Waals surface area contributed by atoms with E-state index in [1.807, 2.05) is 65.0 Å². The number of amides is 1. The highest BCUT2D eigenvalue weighted by atomic mass is 16.6. The van der Waals surface area contributed by atoms with E-state index in [-0.39, 0.29) is 18.7 Å². The van der Waals surface area contributed by atoms with Gasteiger partial charge in [0, 0.05) is 12.5 Å². The van der Waals surface area contributed by atoms with E-state index in [1.165, 1.54) is 0 Å². The van der Waals surface area contributed by atoms with Gasteiger partial charge in [-0.05, 0) is 40.2 Å². The van der Waals surface area contributed by atoms with Crippen LogP contribution in [-0.2, 0) is 11.2 Å². The Hall–Kier alpha value is -1.55. The summed E-state index contributed by atoms with van der Waals surface area (Å²) in [6.45, 7) is 9.61. The lowest BCUT2D eigenvalue weighted by atomic mass is 10.1. The molecule has 0 bridgehead atoms. The molecular weight excluding hydrogens is 266 g/mol. The van der Waals surface area contributed by atoms with Crippen molar-refractivity contribution in [1.29, 1.82) is 0 Å². The smallest absolute Gasteiger partial charge is 0.410 e. The molecule has 1 aromatic carbocycles. The summed E-state index contributed by atoms with van der Waals surface area (Å²) in [5, 5.41) is 10.2. The van der Waals surface area contributed by atoms with Crippen LogP contribution in [0, 0.1) is 0 Å². The summed E-state index contributed by atoms with van der Waals surface area (Å²) in [7, 11) is 0. The van der Waals surface area contributed by atoms with Gasteiger partial charge >= 0.3 is 6.09 Å². The lowest BCUT2D eigenvalue weighted by molar-refractivity contribution is 0.00752. The molecule has 1 aromatic rings. The van der Waals surface area contributed by atoms with Crippen molar-refractivity contribution in [2.75, 3.05) is 6.54 Å².